The summed E-state index contributed by atoms with van der Waals surface area (Å²) in [6.07, 6.45) is 3.94. The van der Waals surface area contributed by atoms with Gasteiger partial charge in [0.25, 0.3) is 0 Å². The predicted octanol–water partition coefficient (Wildman–Crippen LogP) is 4.34. The number of nitrogens with one attached hydrogen (secondary N) is 1. The maximum atomic E-state index is 13.6. The number of hydrogen-bond acceptors (Lipinski definition) is 3. The number of aromatic amines is 1. The van der Waals surface area contributed by atoms with Gasteiger partial charge in [-0.2, -0.15) is 0 Å². The number of hydrogen-bond donors (Lipinski definition) is 0. The Balaban J connectivity index is 1.97. The van der Waals surface area contributed by atoms with E-state index in [2.05, 4.69) is 28.9 Å². The molecule has 2 aromatic carbocycles. The van der Waals surface area contributed by atoms with Gasteiger partial charge in [-0.25, -0.2) is 13.4 Å². The molecule has 4 rings (SSSR count). The first kappa shape index (κ1) is 18.9. The molecule has 0 bridgehead atoms. The van der Waals surface area contributed by atoms with Crippen LogP contribution < -0.4 is 9.88 Å². The number of benzene rings is 2. The van der Waals surface area contributed by atoms with Crippen LogP contribution in [0.1, 0.15) is 30.9 Å². The van der Waals surface area contributed by atoms with Gasteiger partial charge in [0.2, 0.25) is 15.4 Å². The van der Waals surface area contributed by atoms with Crippen molar-refractivity contribution in [3.63, 3.8) is 0 Å². The SMILES string of the molecule is Cc1ccc(S(=O)(=O)c2c[nH+]c3ccc(C)cc3c2N2CCC[C@@H](C)C2)cc1. The van der Waals surface area contributed by atoms with E-state index in [1.165, 1.54) is 6.42 Å². The Morgan fingerprint density at radius 2 is 1.75 bits per heavy atom. The molecule has 1 aliphatic heterocycles. The van der Waals surface area contributed by atoms with E-state index < -0.39 is 9.84 Å². The smallest absolute Gasteiger partial charge is 0.214 e. The summed E-state index contributed by atoms with van der Waals surface area (Å²) in [6, 6.07) is 13.3. The van der Waals surface area contributed by atoms with Gasteiger partial charge in [0.15, 0.2) is 11.1 Å². The van der Waals surface area contributed by atoms with Crippen molar-refractivity contribution < 1.29 is 13.4 Å². The van der Waals surface area contributed by atoms with Crippen molar-refractivity contribution in [3.8, 4) is 0 Å². The zero-order valence-electron chi connectivity index (χ0n) is 16.7. The van der Waals surface area contributed by atoms with Crippen molar-refractivity contribution in [2.45, 2.75) is 43.4 Å². The molecule has 0 spiro atoms. The molecule has 1 fully saturated rings. The van der Waals surface area contributed by atoms with Gasteiger partial charge in [-0.15, -0.1) is 0 Å². The Morgan fingerprint density at radius 3 is 2.46 bits per heavy atom. The minimum atomic E-state index is -3.63. The van der Waals surface area contributed by atoms with Crippen LogP contribution in [0.2, 0.25) is 0 Å². The average molecular weight is 396 g/mol. The number of aryl methyl sites for hydroxylation is 2. The number of aromatic nitrogens is 1. The largest absolute Gasteiger partial charge is 0.369 e. The monoisotopic (exact) mass is 395 g/mol. The second kappa shape index (κ2) is 7.21. The lowest BCUT2D eigenvalue weighted by Gasteiger charge is -2.34. The van der Waals surface area contributed by atoms with Crippen molar-refractivity contribution >= 4 is 26.4 Å². The number of rotatable bonds is 3. The van der Waals surface area contributed by atoms with Crippen molar-refractivity contribution in [1.29, 1.82) is 0 Å². The second-order valence-electron chi connectivity index (χ2n) is 8.06. The molecule has 1 aromatic heterocycles. The minimum Gasteiger partial charge on any atom is -0.369 e. The van der Waals surface area contributed by atoms with E-state index in [4.69, 9.17) is 0 Å². The molecule has 4 nitrogen and oxygen atoms in total. The van der Waals surface area contributed by atoms with E-state index in [0.29, 0.717) is 15.7 Å². The van der Waals surface area contributed by atoms with E-state index in [1.54, 1.807) is 18.3 Å². The molecule has 1 saturated heterocycles. The van der Waals surface area contributed by atoms with E-state index in [-0.39, 0.29) is 0 Å². The lowest BCUT2D eigenvalue weighted by molar-refractivity contribution is -0.347. The summed E-state index contributed by atoms with van der Waals surface area (Å²) in [5.41, 5.74) is 3.97. The van der Waals surface area contributed by atoms with Gasteiger partial charge in [0, 0.05) is 19.2 Å². The first-order valence-corrected chi connectivity index (χ1v) is 11.4. The summed E-state index contributed by atoms with van der Waals surface area (Å²) in [4.78, 5) is 6.19. The predicted molar refractivity (Wildman–Crippen MR) is 112 cm³/mol. The number of piperidine rings is 1. The molecule has 1 aliphatic rings. The van der Waals surface area contributed by atoms with E-state index in [1.807, 2.05) is 32.0 Å². The number of pyridine rings is 1. The van der Waals surface area contributed by atoms with E-state index in [9.17, 15) is 8.42 Å². The van der Waals surface area contributed by atoms with Gasteiger partial charge in [0.1, 0.15) is 0 Å². The van der Waals surface area contributed by atoms with Crippen LogP contribution in [0.15, 0.2) is 58.5 Å². The fourth-order valence-electron chi connectivity index (χ4n) is 4.09. The molecule has 1 atom stereocenters. The van der Waals surface area contributed by atoms with Crippen molar-refractivity contribution in [2.75, 3.05) is 18.0 Å². The van der Waals surface area contributed by atoms with Crippen molar-refractivity contribution in [3.05, 3.63) is 59.8 Å². The van der Waals surface area contributed by atoms with Gasteiger partial charge < -0.3 is 4.90 Å². The fourth-order valence-corrected chi connectivity index (χ4v) is 5.55. The number of sulfone groups is 1. The molecular formula is C23H27N2O2S+. The van der Waals surface area contributed by atoms with Crippen LogP contribution in [0.4, 0.5) is 5.69 Å². The number of H-pyrrole nitrogens is 1. The van der Waals surface area contributed by atoms with Gasteiger partial charge in [-0.3, -0.25) is 0 Å². The summed E-state index contributed by atoms with van der Waals surface area (Å²) in [5, 5.41) is 0.974. The lowest BCUT2D eigenvalue weighted by atomic mass is 9.99. The van der Waals surface area contributed by atoms with Crippen LogP contribution in [0.25, 0.3) is 10.9 Å². The van der Waals surface area contributed by atoms with Crippen LogP contribution >= 0.6 is 0 Å². The Labute approximate surface area is 167 Å². The van der Waals surface area contributed by atoms with E-state index >= 15 is 0 Å². The highest BCUT2D eigenvalue weighted by Crippen LogP contribution is 2.37. The second-order valence-corrected chi connectivity index (χ2v) is 9.98. The Hall–Kier alpha value is -2.40. The molecule has 0 saturated carbocycles. The van der Waals surface area contributed by atoms with Gasteiger partial charge in [-0.1, -0.05) is 30.7 Å². The highest BCUT2D eigenvalue weighted by molar-refractivity contribution is 7.91. The molecule has 146 valence electrons. The minimum absolute atomic E-state index is 0.338. The van der Waals surface area contributed by atoms with Gasteiger partial charge in [-0.05, 0) is 56.4 Å². The highest BCUT2D eigenvalue weighted by Gasteiger charge is 2.31. The maximum Gasteiger partial charge on any atom is 0.214 e. The highest BCUT2D eigenvalue weighted by atomic mass is 32.2. The molecule has 2 heterocycles. The third-order valence-electron chi connectivity index (χ3n) is 5.62. The molecule has 0 unspecified atom stereocenters. The van der Waals surface area contributed by atoms with Crippen LogP contribution in [0.3, 0.4) is 0 Å². The molecule has 0 radical (unpaired) electrons. The number of anilines is 1. The molecule has 1 N–H and O–H groups in total. The summed E-state index contributed by atoms with van der Waals surface area (Å²) in [6.45, 7) is 8.01. The Kier molecular flexibility index (Phi) is 4.88. The molecular weight excluding hydrogens is 368 g/mol. The van der Waals surface area contributed by atoms with Gasteiger partial charge in [0.05, 0.1) is 16.0 Å². The fraction of sp³-hybridized carbons (Fsp3) is 0.348. The first-order valence-electron chi connectivity index (χ1n) is 9.88. The Morgan fingerprint density at radius 1 is 1.04 bits per heavy atom. The molecule has 0 amide bonds. The Bertz CT molecular complexity index is 1120. The molecule has 3 aromatic rings. The molecule has 0 aliphatic carbocycles. The standard InChI is InChI=1S/C23H26N2O2S/c1-16-6-9-19(10-7-16)28(26,27)22-14-24-21-11-8-17(2)13-20(21)23(22)25-12-4-5-18(3)15-25/h6-11,13-14,18H,4-5,12,15H2,1-3H3/p+1/t18-/m1/s1. The molecule has 28 heavy (non-hydrogen) atoms. The number of nitrogens with zero attached hydrogens (tertiary/aromatic N) is 1. The van der Waals surface area contributed by atoms with Crippen molar-refractivity contribution in [2.24, 2.45) is 5.92 Å². The zero-order chi connectivity index (χ0) is 19.9. The third-order valence-corrected chi connectivity index (χ3v) is 7.40. The zero-order valence-corrected chi connectivity index (χ0v) is 17.5. The normalized spacial score (nSPS) is 17.8. The van der Waals surface area contributed by atoms with E-state index in [0.717, 1.165) is 47.2 Å². The van der Waals surface area contributed by atoms with Gasteiger partial charge >= 0.3 is 0 Å². The maximum absolute atomic E-state index is 13.6. The summed E-state index contributed by atoms with van der Waals surface area (Å²) in [7, 11) is -3.63. The van der Waals surface area contributed by atoms with Crippen LogP contribution in [0, 0.1) is 19.8 Å². The summed E-state index contributed by atoms with van der Waals surface area (Å²) < 4.78 is 27.1. The van der Waals surface area contributed by atoms with Crippen LogP contribution in [-0.4, -0.2) is 21.5 Å². The average Bonchev–Trinajstić information content (AvgIpc) is 2.67. The number of fused-ring (bicyclic) bond motifs is 1. The van der Waals surface area contributed by atoms with Crippen LogP contribution in [0.5, 0.6) is 0 Å². The summed E-state index contributed by atoms with van der Waals surface area (Å²) in [5.74, 6) is 0.549. The topological polar surface area (TPSA) is 51.5 Å². The third kappa shape index (κ3) is 3.39. The summed E-state index contributed by atoms with van der Waals surface area (Å²) >= 11 is 0. The first-order chi connectivity index (χ1) is 13.4. The van der Waals surface area contributed by atoms with Crippen molar-refractivity contribution in [1.82, 2.24) is 0 Å². The molecule has 5 heteroatoms. The lowest BCUT2D eigenvalue weighted by Crippen LogP contribution is -2.35. The quantitative estimate of drug-likeness (QED) is 0.663. The van der Waals surface area contributed by atoms with Crippen LogP contribution in [-0.2, 0) is 9.84 Å².